The number of hydrogen-bond acceptors (Lipinski definition) is 5. The first kappa shape index (κ1) is 14.5. The van der Waals surface area contributed by atoms with Crippen LogP contribution < -0.4 is 10.0 Å². The summed E-state index contributed by atoms with van der Waals surface area (Å²) in [6.45, 7) is 0.551. The van der Waals surface area contributed by atoms with Crippen molar-refractivity contribution in [3.8, 4) is 6.07 Å². The average molecular weight is 307 g/mol. The number of sulfonamides is 1. The van der Waals surface area contributed by atoms with Crippen molar-refractivity contribution >= 4 is 27.0 Å². The molecule has 0 aliphatic heterocycles. The Morgan fingerprint density at radius 2 is 2.10 bits per heavy atom. The lowest BCUT2D eigenvalue weighted by Crippen LogP contribution is -2.18. The second-order valence-electron chi connectivity index (χ2n) is 3.97. The highest BCUT2D eigenvalue weighted by Gasteiger charge is 2.11. The van der Waals surface area contributed by atoms with Gasteiger partial charge in [-0.05, 0) is 37.4 Å². The lowest BCUT2D eigenvalue weighted by Gasteiger charge is -2.07. The number of benzene rings is 1. The highest BCUT2D eigenvalue weighted by molar-refractivity contribution is 7.89. The van der Waals surface area contributed by atoms with Crippen molar-refractivity contribution in [1.29, 1.82) is 5.26 Å². The van der Waals surface area contributed by atoms with Gasteiger partial charge < -0.3 is 5.32 Å². The Bertz CT molecular complexity index is 745. The Morgan fingerprint density at radius 3 is 2.75 bits per heavy atom. The molecule has 0 aliphatic rings. The van der Waals surface area contributed by atoms with E-state index in [9.17, 15) is 8.42 Å². The van der Waals surface area contributed by atoms with Crippen LogP contribution in [0.25, 0.3) is 0 Å². The van der Waals surface area contributed by atoms with Gasteiger partial charge in [0.2, 0.25) is 10.0 Å². The van der Waals surface area contributed by atoms with E-state index in [1.807, 2.05) is 6.07 Å². The molecule has 20 heavy (non-hydrogen) atoms. The Balaban J connectivity index is 2.11. The number of hydrogen-bond donors (Lipinski definition) is 2. The van der Waals surface area contributed by atoms with Crippen LogP contribution in [-0.4, -0.2) is 15.5 Å². The molecule has 1 aromatic heterocycles. The van der Waals surface area contributed by atoms with E-state index in [1.165, 1.54) is 24.5 Å². The molecule has 0 bridgehead atoms. The van der Waals surface area contributed by atoms with Gasteiger partial charge in [0.1, 0.15) is 10.9 Å². The number of anilines is 1. The van der Waals surface area contributed by atoms with Crippen LogP contribution in [0.5, 0.6) is 0 Å². The Morgan fingerprint density at radius 1 is 1.30 bits per heavy atom. The summed E-state index contributed by atoms with van der Waals surface area (Å²) in [5.74, 6) is 0. The zero-order chi connectivity index (χ0) is 14.6. The van der Waals surface area contributed by atoms with E-state index in [-0.39, 0.29) is 4.90 Å². The average Bonchev–Trinajstić information content (AvgIpc) is 2.93. The lowest BCUT2D eigenvalue weighted by molar-refractivity contribution is 0.588. The summed E-state index contributed by atoms with van der Waals surface area (Å²) < 4.78 is 25.7. The largest absolute Gasteiger partial charge is 0.380 e. The van der Waals surface area contributed by atoms with Gasteiger partial charge in [-0.3, -0.25) is 0 Å². The molecule has 0 saturated heterocycles. The number of nitrogens with zero attached hydrogens (tertiary/aromatic N) is 1. The Labute approximate surface area is 121 Å². The van der Waals surface area contributed by atoms with Gasteiger partial charge in [0, 0.05) is 17.1 Å². The van der Waals surface area contributed by atoms with E-state index in [1.54, 1.807) is 24.3 Å². The third-order valence-electron chi connectivity index (χ3n) is 2.65. The van der Waals surface area contributed by atoms with Crippen LogP contribution >= 0.6 is 11.3 Å². The first-order chi connectivity index (χ1) is 9.55. The number of nitriles is 1. The molecular weight excluding hydrogens is 294 g/mol. The minimum Gasteiger partial charge on any atom is -0.380 e. The van der Waals surface area contributed by atoms with Crippen molar-refractivity contribution in [1.82, 2.24) is 4.72 Å². The van der Waals surface area contributed by atoms with Crippen molar-refractivity contribution in [3.05, 3.63) is 46.2 Å². The van der Waals surface area contributed by atoms with Gasteiger partial charge >= 0.3 is 0 Å². The van der Waals surface area contributed by atoms with E-state index in [2.05, 4.69) is 16.1 Å². The number of thiophene rings is 1. The fraction of sp³-hybridized carbons (Fsp3) is 0.154. The first-order valence-electron chi connectivity index (χ1n) is 5.81. The summed E-state index contributed by atoms with van der Waals surface area (Å²) in [6.07, 6.45) is 0. The fourth-order valence-corrected chi connectivity index (χ4v) is 3.13. The summed E-state index contributed by atoms with van der Waals surface area (Å²) in [4.78, 5) is 1.89. The van der Waals surface area contributed by atoms with Crippen LogP contribution in [0.4, 0.5) is 5.69 Å². The number of nitrogens with one attached hydrogen (secondary N) is 2. The molecule has 0 fully saturated rings. The summed E-state index contributed by atoms with van der Waals surface area (Å²) in [7, 11) is -2.05. The molecule has 0 saturated carbocycles. The molecule has 104 valence electrons. The summed E-state index contributed by atoms with van der Waals surface area (Å²) >= 11 is 1.41. The van der Waals surface area contributed by atoms with Gasteiger partial charge in [-0.15, -0.1) is 11.3 Å². The third kappa shape index (κ3) is 3.36. The van der Waals surface area contributed by atoms with E-state index in [0.29, 0.717) is 17.1 Å². The van der Waals surface area contributed by atoms with Crippen molar-refractivity contribution in [2.45, 2.75) is 11.4 Å². The quantitative estimate of drug-likeness (QED) is 0.886. The van der Waals surface area contributed by atoms with Gasteiger partial charge in [-0.1, -0.05) is 6.07 Å². The van der Waals surface area contributed by atoms with Crippen molar-refractivity contribution < 1.29 is 8.42 Å². The normalized spacial score (nSPS) is 11.0. The van der Waals surface area contributed by atoms with Crippen LogP contribution in [0.3, 0.4) is 0 Å². The highest BCUT2D eigenvalue weighted by Crippen LogP contribution is 2.19. The zero-order valence-corrected chi connectivity index (χ0v) is 12.4. The van der Waals surface area contributed by atoms with E-state index < -0.39 is 10.0 Å². The molecule has 5 nitrogen and oxygen atoms in total. The molecule has 7 heteroatoms. The second kappa shape index (κ2) is 6.05. The molecule has 2 N–H and O–H groups in total. The van der Waals surface area contributed by atoms with E-state index in [0.717, 1.165) is 4.88 Å². The third-order valence-corrected chi connectivity index (χ3v) is 5.05. The molecule has 2 aromatic rings. The minimum atomic E-state index is -3.43. The standard InChI is InChI=1S/C13H13N3O2S2/c1-15-20(17,18)13-4-2-3-10(7-13)16-9-12-6-5-11(8-14)19-12/h2-7,15-16H,9H2,1H3. The molecule has 1 aromatic carbocycles. The zero-order valence-electron chi connectivity index (χ0n) is 10.8. The minimum absolute atomic E-state index is 0.217. The van der Waals surface area contributed by atoms with Gasteiger partial charge in [0.25, 0.3) is 0 Å². The van der Waals surface area contributed by atoms with Crippen LogP contribution in [-0.2, 0) is 16.6 Å². The molecule has 0 amide bonds. The second-order valence-corrected chi connectivity index (χ2v) is 7.02. The smallest absolute Gasteiger partial charge is 0.240 e. The summed E-state index contributed by atoms with van der Waals surface area (Å²) in [5, 5.41) is 11.9. The summed E-state index contributed by atoms with van der Waals surface area (Å²) in [5.41, 5.74) is 0.716. The molecule has 0 aliphatic carbocycles. The van der Waals surface area contributed by atoms with Crippen molar-refractivity contribution in [2.75, 3.05) is 12.4 Å². The monoisotopic (exact) mass is 307 g/mol. The number of rotatable bonds is 5. The van der Waals surface area contributed by atoms with Crippen molar-refractivity contribution in [3.63, 3.8) is 0 Å². The van der Waals surface area contributed by atoms with Crippen LogP contribution in [0.1, 0.15) is 9.75 Å². The maximum absolute atomic E-state index is 11.7. The van der Waals surface area contributed by atoms with Crippen molar-refractivity contribution in [2.24, 2.45) is 0 Å². The van der Waals surface area contributed by atoms with Gasteiger partial charge in [0.15, 0.2) is 0 Å². The molecule has 0 atom stereocenters. The molecule has 0 radical (unpaired) electrons. The fourth-order valence-electron chi connectivity index (χ4n) is 1.61. The predicted octanol–water partition coefficient (Wildman–Crippen LogP) is 2.14. The van der Waals surface area contributed by atoms with Crippen LogP contribution in [0.15, 0.2) is 41.3 Å². The molecule has 0 unspecified atom stereocenters. The Hall–Kier alpha value is -1.88. The lowest BCUT2D eigenvalue weighted by atomic mass is 10.3. The Kier molecular flexibility index (Phi) is 4.39. The van der Waals surface area contributed by atoms with E-state index >= 15 is 0 Å². The molecule has 1 heterocycles. The maximum Gasteiger partial charge on any atom is 0.240 e. The van der Waals surface area contributed by atoms with Gasteiger partial charge in [-0.25, -0.2) is 13.1 Å². The van der Waals surface area contributed by atoms with Crippen LogP contribution in [0.2, 0.25) is 0 Å². The van der Waals surface area contributed by atoms with Crippen LogP contribution in [0, 0.1) is 11.3 Å². The highest BCUT2D eigenvalue weighted by atomic mass is 32.2. The van der Waals surface area contributed by atoms with Gasteiger partial charge in [-0.2, -0.15) is 5.26 Å². The SMILES string of the molecule is CNS(=O)(=O)c1cccc(NCc2ccc(C#N)s2)c1. The topological polar surface area (TPSA) is 82.0 Å². The molecule has 0 spiro atoms. The molecule has 2 rings (SSSR count). The maximum atomic E-state index is 11.7. The first-order valence-corrected chi connectivity index (χ1v) is 8.11. The molecular formula is C13H13N3O2S2. The summed E-state index contributed by atoms with van der Waals surface area (Å²) in [6, 6.07) is 12.3. The predicted molar refractivity (Wildman–Crippen MR) is 79.0 cm³/mol. The van der Waals surface area contributed by atoms with E-state index in [4.69, 9.17) is 5.26 Å². The van der Waals surface area contributed by atoms with Gasteiger partial charge in [0.05, 0.1) is 4.90 Å².